The summed E-state index contributed by atoms with van der Waals surface area (Å²) in [5.74, 6) is -0.615. The summed E-state index contributed by atoms with van der Waals surface area (Å²) < 4.78 is 0. The molecule has 0 N–H and O–H groups in total. The first kappa shape index (κ1) is 16.1. The smallest absolute Gasteiger partial charge is 0.266 e. The highest BCUT2D eigenvalue weighted by atomic mass is 35.5. The number of halogens is 4. The number of nitrogens with zero attached hydrogens (tertiary/aromatic N) is 1. The molecule has 0 spiro atoms. The average Bonchev–Trinajstić information content (AvgIpc) is 2.41. The molecule has 0 saturated heterocycles. The lowest BCUT2D eigenvalue weighted by Crippen LogP contribution is -2.29. The van der Waals surface area contributed by atoms with Crippen molar-refractivity contribution in [2.24, 2.45) is 0 Å². The molecule has 0 aliphatic heterocycles. The van der Waals surface area contributed by atoms with Crippen molar-refractivity contribution in [2.45, 2.75) is 0 Å². The van der Waals surface area contributed by atoms with Gasteiger partial charge in [-0.3, -0.25) is 9.59 Å². The molecule has 0 aliphatic carbocycles. The van der Waals surface area contributed by atoms with Crippen LogP contribution >= 0.6 is 46.4 Å². The molecule has 0 atom stereocenters. The maximum absolute atomic E-state index is 12.4. The monoisotopic (exact) mass is 361 g/mol. The lowest BCUT2D eigenvalue weighted by atomic mass is 10.2. The van der Waals surface area contributed by atoms with Crippen LogP contribution in [0.3, 0.4) is 0 Å². The van der Waals surface area contributed by atoms with Crippen LogP contribution in [0.4, 0.5) is 5.69 Å². The molecule has 0 unspecified atom stereocenters. The van der Waals surface area contributed by atoms with Crippen molar-refractivity contribution in [3.63, 3.8) is 0 Å². The summed E-state index contributed by atoms with van der Waals surface area (Å²) in [6.45, 7) is 0. The number of anilines is 1. The molecule has 108 valence electrons. The minimum absolute atomic E-state index is 0.138. The fraction of sp³-hybridized carbons (Fsp3) is 0. The molecular weight excluding hydrogens is 356 g/mol. The number of benzene rings is 2. The Labute approximate surface area is 141 Å². The van der Waals surface area contributed by atoms with Gasteiger partial charge in [-0.15, -0.1) is 0 Å². The Morgan fingerprint density at radius 3 is 2.00 bits per heavy atom. The summed E-state index contributed by atoms with van der Waals surface area (Å²) in [6, 6.07) is 8.80. The average molecular weight is 363 g/mol. The number of carbonyl (C=O) groups is 2. The second kappa shape index (κ2) is 6.67. The van der Waals surface area contributed by atoms with Crippen LogP contribution in [0, 0.1) is 0 Å². The molecule has 0 radical (unpaired) electrons. The Morgan fingerprint density at radius 1 is 0.905 bits per heavy atom. The zero-order chi connectivity index (χ0) is 15.6. The third-order valence-electron chi connectivity index (χ3n) is 2.66. The van der Waals surface area contributed by atoms with Crippen molar-refractivity contribution in [2.75, 3.05) is 4.90 Å². The summed E-state index contributed by atoms with van der Waals surface area (Å²) in [4.78, 5) is 24.6. The molecule has 2 rings (SSSR count). The third kappa shape index (κ3) is 3.50. The number of imide groups is 1. The molecule has 21 heavy (non-hydrogen) atoms. The Morgan fingerprint density at radius 2 is 1.48 bits per heavy atom. The van der Waals surface area contributed by atoms with E-state index in [1.54, 1.807) is 0 Å². The molecular formula is C14H7Cl4NO2. The minimum Gasteiger partial charge on any atom is -0.278 e. The van der Waals surface area contributed by atoms with Crippen molar-refractivity contribution >= 4 is 64.4 Å². The van der Waals surface area contributed by atoms with Crippen LogP contribution < -0.4 is 4.90 Å². The molecule has 2 aromatic carbocycles. The van der Waals surface area contributed by atoms with Gasteiger partial charge in [0, 0.05) is 10.0 Å². The van der Waals surface area contributed by atoms with Crippen LogP contribution in [0.1, 0.15) is 10.4 Å². The van der Waals surface area contributed by atoms with Gasteiger partial charge in [0.1, 0.15) is 0 Å². The maximum atomic E-state index is 12.4. The Hall–Kier alpha value is -1.26. The normalized spacial score (nSPS) is 10.3. The first-order valence-electron chi connectivity index (χ1n) is 5.63. The Balaban J connectivity index is 2.45. The molecule has 3 nitrogen and oxygen atoms in total. The fourth-order valence-corrected chi connectivity index (χ4v) is 2.67. The molecule has 0 aliphatic rings. The van der Waals surface area contributed by atoms with E-state index in [1.165, 1.54) is 36.4 Å². The zero-order valence-electron chi connectivity index (χ0n) is 10.3. The van der Waals surface area contributed by atoms with Gasteiger partial charge in [0.15, 0.2) is 0 Å². The topological polar surface area (TPSA) is 37.4 Å². The Bertz CT molecular complexity index is 718. The van der Waals surface area contributed by atoms with Gasteiger partial charge in [0.2, 0.25) is 6.41 Å². The standard InChI is InChI=1S/C14H7Cl4NO2/c15-8-1-3-10(11(17)5-8)14(21)19(7-20)13-4-2-9(16)6-12(13)18/h1-7H. The van der Waals surface area contributed by atoms with Gasteiger partial charge >= 0.3 is 0 Å². The predicted octanol–water partition coefficient (Wildman–Crippen LogP) is 5.10. The van der Waals surface area contributed by atoms with Crippen molar-refractivity contribution in [3.8, 4) is 0 Å². The molecule has 2 aromatic rings. The van der Waals surface area contributed by atoms with Crippen molar-refractivity contribution in [1.29, 1.82) is 0 Å². The number of hydrogen-bond donors (Lipinski definition) is 0. The van der Waals surface area contributed by atoms with Crippen molar-refractivity contribution < 1.29 is 9.59 Å². The van der Waals surface area contributed by atoms with Gasteiger partial charge in [-0.1, -0.05) is 46.4 Å². The first-order valence-corrected chi connectivity index (χ1v) is 7.14. The second-order valence-corrected chi connectivity index (χ2v) is 5.69. The Kier molecular flexibility index (Phi) is 5.12. The minimum atomic E-state index is -0.615. The van der Waals surface area contributed by atoms with Crippen LogP contribution in [0.5, 0.6) is 0 Å². The highest BCUT2D eigenvalue weighted by Crippen LogP contribution is 2.30. The predicted molar refractivity (Wildman–Crippen MR) is 85.8 cm³/mol. The van der Waals surface area contributed by atoms with E-state index in [4.69, 9.17) is 46.4 Å². The summed E-state index contributed by atoms with van der Waals surface area (Å²) in [7, 11) is 0. The number of rotatable bonds is 3. The number of hydrogen-bond acceptors (Lipinski definition) is 2. The van der Waals surface area contributed by atoms with Gasteiger partial charge in [0.05, 0.1) is 21.3 Å². The van der Waals surface area contributed by atoms with Gasteiger partial charge in [-0.2, -0.15) is 0 Å². The molecule has 0 saturated carbocycles. The quantitative estimate of drug-likeness (QED) is 0.712. The van der Waals surface area contributed by atoms with Gasteiger partial charge in [-0.25, -0.2) is 4.90 Å². The third-order valence-corrected chi connectivity index (χ3v) is 3.74. The first-order chi connectivity index (χ1) is 9.93. The lowest BCUT2D eigenvalue weighted by Gasteiger charge is -2.18. The fourth-order valence-electron chi connectivity index (χ4n) is 1.68. The van der Waals surface area contributed by atoms with Crippen LogP contribution in [0.25, 0.3) is 0 Å². The van der Waals surface area contributed by atoms with Crippen molar-refractivity contribution in [1.82, 2.24) is 0 Å². The van der Waals surface area contributed by atoms with Gasteiger partial charge in [0.25, 0.3) is 5.91 Å². The van der Waals surface area contributed by atoms with E-state index < -0.39 is 5.91 Å². The van der Waals surface area contributed by atoms with Gasteiger partial charge < -0.3 is 0 Å². The molecule has 0 bridgehead atoms. The summed E-state index contributed by atoms with van der Waals surface area (Å²) in [5.41, 5.74) is 0.353. The number of amides is 2. The van der Waals surface area contributed by atoms with Crippen molar-refractivity contribution in [3.05, 3.63) is 62.1 Å². The highest BCUT2D eigenvalue weighted by molar-refractivity contribution is 6.39. The molecule has 0 aromatic heterocycles. The van der Waals surface area contributed by atoms with Crippen LogP contribution in [-0.4, -0.2) is 12.3 Å². The summed E-state index contributed by atoms with van der Waals surface area (Å²) in [6.07, 6.45) is 0.363. The molecule has 0 heterocycles. The van der Waals surface area contributed by atoms with E-state index in [1.807, 2.05) is 0 Å². The van der Waals surface area contributed by atoms with E-state index in [0.717, 1.165) is 4.90 Å². The highest BCUT2D eigenvalue weighted by Gasteiger charge is 2.21. The summed E-state index contributed by atoms with van der Waals surface area (Å²) in [5, 5.41) is 1.10. The van der Waals surface area contributed by atoms with Crippen LogP contribution in [0.2, 0.25) is 20.1 Å². The zero-order valence-corrected chi connectivity index (χ0v) is 13.3. The SMILES string of the molecule is O=CN(C(=O)c1ccc(Cl)cc1Cl)c1ccc(Cl)cc1Cl. The largest absolute Gasteiger partial charge is 0.278 e. The van der Waals surface area contributed by atoms with Gasteiger partial charge in [-0.05, 0) is 36.4 Å². The molecule has 2 amide bonds. The van der Waals surface area contributed by atoms with E-state index in [2.05, 4.69) is 0 Å². The van der Waals surface area contributed by atoms with Crippen LogP contribution in [-0.2, 0) is 4.79 Å². The van der Waals surface area contributed by atoms with E-state index in [0.29, 0.717) is 16.5 Å². The second-order valence-electron chi connectivity index (χ2n) is 4.00. The lowest BCUT2D eigenvalue weighted by molar-refractivity contribution is -0.106. The summed E-state index contributed by atoms with van der Waals surface area (Å²) >= 11 is 23.6. The number of carbonyl (C=O) groups excluding carboxylic acids is 2. The van der Waals surface area contributed by atoms with E-state index in [-0.39, 0.29) is 21.3 Å². The van der Waals surface area contributed by atoms with E-state index >= 15 is 0 Å². The maximum Gasteiger partial charge on any atom is 0.266 e. The molecule has 0 fully saturated rings. The van der Waals surface area contributed by atoms with Crippen LogP contribution in [0.15, 0.2) is 36.4 Å². The molecule has 7 heteroatoms. The van der Waals surface area contributed by atoms with E-state index in [9.17, 15) is 9.59 Å².